The molecule has 0 radical (unpaired) electrons. The van der Waals surface area contributed by atoms with Crippen LogP contribution in [0.4, 0.5) is 0 Å². The zero-order valence-electron chi connectivity index (χ0n) is 9.78. The molecule has 2 rings (SSSR count). The van der Waals surface area contributed by atoms with Crippen LogP contribution < -0.4 is 0 Å². The first-order chi connectivity index (χ1) is 7.09. The van der Waals surface area contributed by atoms with Gasteiger partial charge in [0.1, 0.15) is 0 Å². The van der Waals surface area contributed by atoms with E-state index in [-0.39, 0.29) is 5.92 Å². The van der Waals surface area contributed by atoms with Gasteiger partial charge >= 0.3 is 5.97 Å². The maximum absolute atomic E-state index is 11.1. The zero-order valence-corrected chi connectivity index (χ0v) is 9.78. The van der Waals surface area contributed by atoms with Gasteiger partial charge in [0.2, 0.25) is 0 Å². The second-order valence-corrected chi connectivity index (χ2v) is 5.78. The molecule has 0 heterocycles. The summed E-state index contributed by atoms with van der Waals surface area (Å²) < 4.78 is 0. The normalized spacial score (nSPS) is 40.5. The highest BCUT2D eigenvalue weighted by molar-refractivity contribution is 5.70. The molecule has 0 aromatic heterocycles. The van der Waals surface area contributed by atoms with Gasteiger partial charge < -0.3 is 5.11 Å². The maximum atomic E-state index is 11.1. The predicted molar refractivity (Wildman–Crippen MR) is 59.5 cm³/mol. The molecule has 0 aromatic rings. The lowest BCUT2D eigenvalue weighted by Gasteiger charge is -2.47. The summed E-state index contributed by atoms with van der Waals surface area (Å²) in [6, 6.07) is 0. The summed E-state index contributed by atoms with van der Waals surface area (Å²) in [6.45, 7) is 4.61. The number of fused-ring (bicyclic) bond motifs is 2. The first kappa shape index (κ1) is 11.0. The molecule has 2 nitrogen and oxygen atoms in total. The number of aliphatic carboxylic acids is 1. The van der Waals surface area contributed by atoms with Gasteiger partial charge in [0, 0.05) is 0 Å². The van der Waals surface area contributed by atoms with Crippen molar-refractivity contribution in [3.63, 3.8) is 0 Å². The van der Waals surface area contributed by atoms with Crippen LogP contribution in [0.2, 0.25) is 0 Å². The van der Waals surface area contributed by atoms with Crippen LogP contribution in [-0.4, -0.2) is 11.1 Å². The molecule has 2 saturated carbocycles. The van der Waals surface area contributed by atoms with Crippen LogP contribution in [-0.2, 0) is 4.79 Å². The number of carboxylic acid groups (broad SMARTS) is 1. The quantitative estimate of drug-likeness (QED) is 0.760. The Morgan fingerprint density at radius 2 is 1.73 bits per heavy atom. The second kappa shape index (κ2) is 4.15. The summed E-state index contributed by atoms with van der Waals surface area (Å²) in [5.41, 5.74) is 0. The van der Waals surface area contributed by atoms with E-state index < -0.39 is 5.97 Å². The molecule has 2 unspecified atom stereocenters. The highest BCUT2D eigenvalue weighted by atomic mass is 16.4. The molecular formula is C13H22O2. The van der Waals surface area contributed by atoms with Gasteiger partial charge in [0.25, 0.3) is 0 Å². The highest BCUT2D eigenvalue weighted by Crippen LogP contribution is 2.49. The van der Waals surface area contributed by atoms with Crippen molar-refractivity contribution >= 4 is 5.97 Å². The Morgan fingerprint density at radius 1 is 1.20 bits per heavy atom. The SMILES string of the molecule is CC(C)[C@H]1C2CCCC1C[C@@H](C(=O)O)C2. The van der Waals surface area contributed by atoms with E-state index in [0.29, 0.717) is 11.8 Å². The Labute approximate surface area is 92.1 Å². The third-order valence-corrected chi connectivity index (χ3v) is 4.53. The molecule has 2 heteroatoms. The van der Waals surface area contributed by atoms with Crippen LogP contribution >= 0.6 is 0 Å². The van der Waals surface area contributed by atoms with E-state index in [1.54, 1.807) is 0 Å². The Hall–Kier alpha value is -0.530. The molecule has 0 aromatic carbocycles. The van der Waals surface area contributed by atoms with Crippen molar-refractivity contribution in [2.24, 2.45) is 29.6 Å². The van der Waals surface area contributed by atoms with Gasteiger partial charge in [-0.15, -0.1) is 0 Å². The van der Waals surface area contributed by atoms with Crippen molar-refractivity contribution in [1.29, 1.82) is 0 Å². The summed E-state index contributed by atoms with van der Waals surface area (Å²) >= 11 is 0. The summed E-state index contributed by atoms with van der Waals surface area (Å²) in [5.74, 6) is 2.31. The molecule has 0 saturated heterocycles. The summed E-state index contributed by atoms with van der Waals surface area (Å²) in [4.78, 5) is 11.1. The van der Waals surface area contributed by atoms with Crippen LogP contribution in [0, 0.1) is 29.6 Å². The number of hydrogen-bond donors (Lipinski definition) is 1. The molecule has 2 fully saturated rings. The van der Waals surface area contributed by atoms with Crippen LogP contribution in [0.15, 0.2) is 0 Å². The van der Waals surface area contributed by atoms with Crippen LogP contribution in [0.25, 0.3) is 0 Å². The van der Waals surface area contributed by atoms with Gasteiger partial charge in [-0.3, -0.25) is 4.79 Å². The molecule has 0 aliphatic heterocycles. The molecule has 2 aliphatic rings. The van der Waals surface area contributed by atoms with Gasteiger partial charge in [0.15, 0.2) is 0 Å². The predicted octanol–water partition coefficient (Wildman–Crippen LogP) is 3.17. The van der Waals surface area contributed by atoms with Crippen molar-refractivity contribution in [3.8, 4) is 0 Å². The topological polar surface area (TPSA) is 37.3 Å². The first-order valence-electron chi connectivity index (χ1n) is 6.32. The first-order valence-corrected chi connectivity index (χ1v) is 6.32. The largest absolute Gasteiger partial charge is 0.481 e. The van der Waals surface area contributed by atoms with Crippen LogP contribution in [0.1, 0.15) is 46.0 Å². The van der Waals surface area contributed by atoms with Crippen LogP contribution in [0.5, 0.6) is 0 Å². The summed E-state index contributed by atoms with van der Waals surface area (Å²) in [6.07, 6.45) is 5.74. The van der Waals surface area contributed by atoms with E-state index >= 15 is 0 Å². The Balaban J connectivity index is 2.11. The van der Waals surface area contributed by atoms with Crippen molar-refractivity contribution in [2.75, 3.05) is 0 Å². The fourth-order valence-electron chi connectivity index (χ4n) is 4.08. The molecule has 2 atom stereocenters. The zero-order chi connectivity index (χ0) is 11.0. The fraction of sp³-hybridized carbons (Fsp3) is 0.923. The minimum atomic E-state index is -0.561. The van der Waals surface area contributed by atoms with Crippen molar-refractivity contribution < 1.29 is 9.90 Å². The average Bonchev–Trinajstić information content (AvgIpc) is 2.15. The number of hydrogen-bond acceptors (Lipinski definition) is 1. The molecule has 86 valence electrons. The lowest BCUT2D eigenvalue weighted by molar-refractivity contribution is -0.146. The van der Waals surface area contributed by atoms with E-state index in [1.165, 1.54) is 19.3 Å². The average molecular weight is 210 g/mol. The monoisotopic (exact) mass is 210 g/mol. The summed E-state index contributed by atoms with van der Waals surface area (Å²) in [7, 11) is 0. The van der Waals surface area contributed by atoms with Crippen molar-refractivity contribution in [3.05, 3.63) is 0 Å². The van der Waals surface area contributed by atoms with Crippen molar-refractivity contribution in [1.82, 2.24) is 0 Å². The van der Waals surface area contributed by atoms with Crippen molar-refractivity contribution in [2.45, 2.75) is 46.0 Å². The van der Waals surface area contributed by atoms with E-state index in [2.05, 4.69) is 13.8 Å². The van der Waals surface area contributed by atoms with Gasteiger partial charge in [-0.1, -0.05) is 33.1 Å². The molecule has 15 heavy (non-hydrogen) atoms. The molecule has 1 N–H and O–H groups in total. The molecule has 0 spiro atoms. The lowest BCUT2D eigenvalue weighted by atomic mass is 9.58. The second-order valence-electron chi connectivity index (χ2n) is 5.78. The standard InChI is InChI=1S/C13H22O2/c1-8(2)12-9-4-3-5-10(12)7-11(6-9)13(14)15/h8-12H,3-7H2,1-2H3,(H,14,15)/t9?,10?,11-,12-. The lowest BCUT2D eigenvalue weighted by Crippen LogP contribution is -2.41. The van der Waals surface area contributed by atoms with E-state index in [4.69, 9.17) is 5.11 Å². The van der Waals surface area contributed by atoms with Crippen LogP contribution in [0.3, 0.4) is 0 Å². The van der Waals surface area contributed by atoms with Gasteiger partial charge in [-0.2, -0.15) is 0 Å². The molecule has 2 bridgehead atoms. The van der Waals surface area contributed by atoms with E-state index in [0.717, 1.165) is 24.7 Å². The minimum absolute atomic E-state index is 0.0460. The van der Waals surface area contributed by atoms with Gasteiger partial charge in [-0.25, -0.2) is 0 Å². The molecule has 2 aliphatic carbocycles. The fourth-order valence-corrected chi connectivity index (χ4v) is 4.08. The third-order valence-electron chi connectivity index (χ3n) is 4.53. The van der Waals surface area contributed by atoms with E-state index in [9.17, 15) is 4.79 Å². The van der Waals surface area contributed by atoms with Gasteiger partial charge in [-0.05, 0) is 36.5 Å². The summed E-state index contributed by atoms with van der Waals surface area (Å²) in [5, 5.41) is 9.12. The minimum Gasteiger partial charge on any atom is -0.481 e. The number of rotatable bonds is 2. The highest BCUT2D eigenvalue weighted by Gasteiger charge is 2.43. The Morgan fingerprint density at radius 3 is 2.13 bits per heavy atom. The number of carbonyl (C=O) groups is 1. The molecular weight excluding hydrogens is 188 g/mol. The smallest absolute Gasteiger partial charge is 0.306 e. The Bertz CT molecular complexity index is 233. The molecule has 0 amide bonds. The van der Waals surface area contributed by atoms with E-state index in [1.807, 2.05) is 0 Å². The maximum Gasteiger partial charge on any atom is 0.306 e. The number of carboxylic acids is 1. The third kappa shape index (κ3) is 2.04. The Kier molecular flexibility index (Phi) is 3.03. The van der Waals surface area contributed by atoms with Gasteiger partial charge in [0.05, 0.1) is 5.92 Å².